The van der Waals surface area contributed by atoms with E-state index in [1.54, 1.807) is 28.7 Å². The smallest absolute Gasteiger partial charge is 0.263 e. The number of fused-ring (bicyclic) bond motifs is 1. The lowest BCUT2D eigenvalue weighted by molar-refractivity contribution is -0.116. The highest BCUT2D eigenvalue weighted by Crippen LogP contribution is 2.33. The van der Waals surface area contributed by atoms with Crippen LogP contribution in [0.4, 0.5) is 5.82 Å². The van der Waals surface area contributed by atoms with Gasteiger partial charge in [0.2, 0.25) is 5.91 Å². The van der Waals surface area contributed by atoms with Gasteiger partial charge in [0.25, 0.3) is 5.56 Å². The van der Waals surface area contributed by atoms with Gasteiger partial charge in [-0.15, -0.1) is 34.0 Å². The summed E-state index contributed by atoms with van der Waals surface area (Å²) in [6.45, 7) is -0.136. The van der Waals surface area contributed by atoms with Gasteiger partial charge in [-0.2, -0.15) is 5.10 Å². The van der Waals surface area contributed by atoms with Crippen molar-refractivity contribution in [2.24, 2.45) is 0 Å². The predicted molar refractivity (Wildman–Crippen MR) is 118 cm³/mol. The molecule has 0 bridgehead atoms. The van der Waals surface area contributed by atoms with Gasteiger partial charge in [-0.05, 0) is 22.9 Å². The van der Waals surface area contributed by atoms with E-state index in [9.17, 15) is 9.59 Å². The third kappa shape index (κ3) is 3.41. The molecule has 5 aromatic rings. The van der Waals surface area contributed by atoms with E-state index in [2.05, 4.69) is 20.5 Å². The molecule has 0 aliphatic carbocycles. The number of H-pyrrole nitrogens is 1. The molecule has 0 aromatic carbocycles. The Morgan fingerprint density at radius 3 is 2.69 bits per heavy atom. The lowest BCUT2D eigenvalue weighted by Gasteiger charge is -2.05. The van der Waals surface area contributed by atoms with Gasteiger partial charge < -0.3 is 5.32 Å². The first kappa shape index (κ1) is 18.0. The standard InChI is InChI=1S/C19H13N5O2S3/c25-16(21-15-7-12(22-23-15)14-4-2-6-28-14)8-24-10-20-18-17(19(24)26)11(9-29-18)13-3-1-5-27-13/h1-7,9-10H,8H2,(H2,21,22,23,25). The zero-order valence-electron chi connectivity index (χ0n) is 14.8. The Morgan fingerprint density at radius 2 is 1.93 bits per heavy atom. The summed E-state index contributed by atoms with van der Waals surface area (Å²) in [5.74, 6) is 0.0701. The topological polar surface area (TPSA) is 92.7 Å². The number of amides is 1. The molecule has 5 aromatic heterocycles. The SMILES string of the molecule is O=C(Cn1cnc2scc(-c3cccs3)c2c1=O)Nc1cc(-c2cccs2)[nH]n1. The van der Waals surface area contributed by atoms with E-state index in [1.807, 2.05) is 40.4 Å². The second-order valence-corrected chi connectivity index (χ2v) is 8.93. The molecule has 10 heteroatoms. The molecule has 0 fully saturated rings. The maximum atomic E-state index is 13.0. The van der Waals surface area contributed by atoms with Crippen LogP contribution in [0.3, 0.4) is 0 Å². The number of hydrogen-bond donors (Lipinski definition) is 2. The van der Waals surface area contributed by atoms with Gasteiger partial charge in [0.1, 0.15) is 11.4 Å². The number of anilines is 1. The Kier molecular flexibility index (Phi) is 4.58. The van der Waals surface area contributed by atoms with Crippen molar-refractivity contribution < 1.29 is 4.79 Å². The number of thiophene rings is 3. The fourth-order valence-corrected chi connectivity index (χ4v) is 5.39. The molecule has 0 aliphatic rings. The van der Waals surface area contributed by atoms with Gasteiger partial charge in [-0.1, -0.05) is 12.1 Å². The minimum absolute atomic E-state index is 0.136. The summed E-state index contributed by atoms with van der Waals surface area (Å²) in [5, 5.41) is 16.2. The van der Waals surface area contributed by atoms with E-state index in [0.717, 1.165) is 21.0 Å². The van der Waals surface area contributed by atoms with Crippen LogP contribution in [0, 0.1) is 0 Å². The van der Waals surface area contributed by atoms with Crippen LogP contribution in [-0.4, -0.2) is 25.7 Å². The van der Waals surface area contributed by atoms with E-state index in [-0.39, 0.29) is 18.0 Å². The number of nitrogens with zero attached hydrogens (tertiary/aromatic N) is 3. The molecule has 29 heavy (non-hydrogen) atoms. The summed E-state index contributed by atoms with van der Waals surface area (Å²) < 4.78 is 1.33. The zero-order valence-corrected chi connectivity index (χ0v) is 17.2. The molecule has 7 nitrogen and oxygen atoms in total. The van der Waals surface area contributed by atoms with Gasteiger partial charge in [0, 0.05) is 21.9 Å². The van der Waals surface area contributed by atoms with Crippen LogP contribution in [-0.2, 0) is 11.3 Å². The Morgan fingerprint density at radius 1 is 1.14 bits per heavy atom. The summed E-state index contributed by atoms with van der Waals surface area (Å²) in [7, 11) is 0. The van der Waals surface area contributed by atoms with Crippen LogP contribution in [0.15, 0.2) is 57.6 Å². The van der Waals surface area contributed by atoms with Crippen LogP contribution in [0.1, 0.15) is 0 Å². The molecule has 0 unspecified atom stereocenters. The number of nitrogens with one attached hydrogen (secondary N) is 2. The zero-order chi connectivity index (χ0) is 19.8. The fraction of sp³-hybridized carbons (Fsp3) is 0.0526. The van der Waals surface area contributed by atoms with Crippen LogP contribution in [0.25, 0.3) is 31.2 Å². The summed E-state index contributed by atoms with van der Waals surface area (Å²) in [4.78, 5) is 32.5. The molecule has 5 heterocycles. The van der Waals surface area contributed by atoms with Crippen molar-refractivity contribution in [3.05, 3.63) is 63.2 Å². The van der Waals surface area contributed by atoms with Crippen molar-refractivity contribution in [1.29, 1.82) is 0 Å². The third-order valence-electron chi connectivity index (χ3n) is 4.29. The summed E-state index contributed by atoms with van der Waals surface area (Å²) >= 11 is 4.57. The van der Waals surface area contributed by atoms with Crippen LogP contribution in [0.2, 0.25) is 0 Å². The van der Waals surface area contributed by atoms with Crippen molar-refractivity contribution in [2.75, 3.05) is 5.32 Å². The van der Waals surface area contributed by atoms with Crippen LogP contribution < -0.4 is 10.9 Å². The van der Waals surface area contributed by atoms with Crippen molar-refractivity contribution >= 4 is 56.0 Å². The first-order chi connectivity index (χ1) is 14.2. The number of carbonyl (C=O) groups excluding carboxylic acids is 1. The Bertz CT molecular complexity index is 1350. The second kappa shape index (κ2) is 7.39. The highest BCUT2D eigenvalue weighted by Gasteiger charge is 2.16. The maximum absolute atomic E-state index is 13.0. The number of aromatic amines is 1. The number of hydrogen-bond acceptors (Lipinski definition) is 7. The molecular formula is C19H13N5O2S3. The Balaban J connectivity index is 1.39. The molecule has 0 saturated heterocycles. The monoisotopic (exact) mass is 439 g/mol. The van der Waals surface area contributed by atoms with Crippen molar-refractivity contribution in [2.45, 2.75) is 6.54 Å². The van der Waals surface area contributed by atoms with E-state index >= 15 is 0 Å². The second-order valence-electron chi connectivity index (χ2n) is 6.18. The maximum Gasteiger partial charge on any atom is 0.263 e. The highest BCUT2D eigenvalue weighted by molar-refractivity contribution is 7.18. The molecule has 0 saturated carbocycles. The summed E-state index contributed by atoms with van der Waals surface area (Å²) in [6.07, 6.45) is 1.42. The van der Waals surface area contributed by atoms with Crippen molar-refractivity contribution in [1.82, 2.24) is 19.7 Å². The van der Waals surface area contributed by atoms with E-state index in [4.69, 9.17) is 0 Å². The number of aromatic nitrogens is 4. The molecule has 0 aliphatic heterocycles. The van der Waals surface area contributed by atoms with Crippen molar-refractivity contribution in [3.63, 3.8) is 0 Å². The van der Waals surface area contributed by atoms with Crippen LogP contribution >= 0.6 is 34.0 Å². The van der Waals surface area contributed by atoms with Crippen LogP contribution in [0.5, 0.6) is 0 Å². The fourth-order valence-electron chi connectivity index (χ4n) is 2.97. The van der Waals surface area contributed by atoms with Gasteiger partial charge in [0.05, 0.1) is 22.3 Å². The summed E-state index contributed by atoms with van der Waals surface area (Å²) in [5.41, 5.74) is 1.46. The molecule has 0 spiro atoms. The lowest BCUT2D eigenvalue weighted by Crippen LogP contribution is -2.27. The first-order valence-electron chi connectivity index (χ1n) is 8.59. The largest absolute Gasteiger partial charge is 0.308 e. The molecule has 0 atom stereocenters. The quantitative estimate of drug-likeness (QED) is 0.428. The average molecular weight is 440 g/mol. The predicted octanol–water partition coefficient (Wildman–Crippen LogP) is 4.28. The first-order valence-corrected chi connectivity index (χ1v) is 11.2. The van der Waals surface area contributed by atoms with Gasteiger partial charge in [0.15, 0.2) is 5.82 Å². The van der Waals surface area contributed by atoms with Gasteiger partial charge in [-0.25, -0.2) is 4.98 Å². The number of rotatable bonds is 5. The van der Waals surface area contributed by atoms with E-state index in [1.165, 1.54) is 22.2 Å². The molecule has 1 amide bonds. The minimum Gasteiger partial charge on any atom is -0.308 e. The van der Waals surface area contributed by atoms with E-state index in [0.29, 0.717) is 16.0 Å². The third-order valence-corrected chi connectivity index (χ3v) is 6.99. The number of carbonyl (C=O) groups is 1. The van der Waals surface area contributed by atoms with E-state index < -0.39 is 0 Å². The molecule has 0 radical (unpaired) electrons. The van der Waals surface area contributed by atoms with Gasteiger partial charge in [-0.3, -0.25) is 19.3 Å². The average Bonchev–Trinajstić information content (AvgIpc) is 3.50. The normalized spacial score (nSPS) is 11.2. The highest BCUT2D eigenvalue weighted by atomic mass is 32.1. The van der Waals surface area contributed by atoms with Crippen molar-refractivity contribution in [3.8, 4) is 21.0 Å². The molecule has 2 N–H and O–H groups in total. The van der Waals surface area contributed by atoms with Gasteiger partial charge >= 0.3 is 0 Å². The molecule has 144 valence electrons. The minimum atomic E-state index is -0.342. The molecule has 5 rings (SSSR count). The Hall–Kier alpha value is -3.08. The lowest BCUT2D eigenvalue weighted by atomic mass is 10.2. The summed E-state index contributed by atoms with van der Waals surface area (Å²) in [6, 6.07) is 9.60. The molecular weight excluding hydrogens is 426 g/mol. The Labute approximate surface area is 176 Å².